The summed E-state index contributed by atoms with van der Waals surface area (Å²) in [5.41, 5.74) is 1.27. The van der Waals surface area contributed by atoms with Crippen LogP contribution < -0.4 is 5.32 Å². The van der Waals surface area contributed by atoms with Gasteiger partial charge in [-0.15, -0.1) is 0 Å². The molecule has 0 bridgehead atoms. The maximum Gasteiger partial charge on any atom is 0.251 e. The molecule has 0 aliphatic heterocycles. The second-order valence-corrected chi connectivity index (χ2v) is 9.31. The Morgan fingerprint density at radius 2 is 1.82 bits per heavy atom. The molecule has 150 valence electrons. The number of sulfonamides is 1. The summed E-state index contributed by atoms with van der Waals surface area (Å²) in [7, 11) is -1.99. The smallest absolute Gasteiger partial charge is 0.251 e. The molecular weight excluding hydrogens is 374 g/mol. The van der Waals surface area contributed by atoms with Crippen molar-refractivity contribution in [1.82, 2.24) is 14.6 Å². The molecule has 2 aromatic rings. The standard InChI is InChI=1S/C21H27N3O3S/c1-16(17-11-13-22-14-12-17)23-21(25)18-7-6-10-20(15-18)28(26,27)24(2)19-8-4-3-5-9-19/h6-7,10-16,19H,3-5,8-9H2,1-2H3,(H,23,25)/t16-/m0/s1. The van der Waals surface area contributed by atoms with Gasteiger partial charge in [0.15, 0.2) is 0 Å². The minimum atomic E-state index is -3.63. The Balaban J connectivity index is 1.76. The van der Waals surface area contributed by atoms with Crippen LogP contribution in [0.25, 0.3) is 0 Å². The van der Waals surface area contributed by atoms with Crippen molar-refractivity contribution in [3.63, 3.8) is 0 Å². The molecular formula is C21H27N3O3S. The van der Waals surface area contributed by atoms with Crippen LogP contribution in [-0.4, -0.2) is 36.7 Å². The monoisotopic (exact) mass is 401 g/mol. The van der Waals surface area contributed by atoms with Crippen molar-refractivity contribution in [2.45, 2.75) is 56.0 Å². The van der Waals surface area contributed by atoms with Crippen molar-refractivity contribution in [2.75, 3.05) is 7.05 Å². The van der Waals surface area contributed by atoms with Crippen LogP contribution in [0.4, 0.5) is 0 Å². The largest absolute Gasteiger partial charge is 0.346 e. The summed E-state index contributed by atoms with van der Waals surface area (Å²) in [4.78, 5) is 16.8. The summed E-state index contributed by atoms with van der Waals surface area (Å²) < 4.78 is 27.5. The molecule has 0 saturated heterocycles. The van der Waals surface area contributed by atoms with Crippen molar-refractivity contribution in [3.8, 4) is 0 Å². The molecule has 0 radical (unpaired) electrons. The van der Waals surface area contributed by atoms with Gasteiger partial charge in [-0.05, 0) is 55.7 Å². The fraction of sp³-hybridized carbons (Fsp3) is 0.429. The molecule has 1 saturated carbocycles. The van der Waals surface area contributed by atoms with Crippen LogP contribution >= 0.6 is 0 Å². The van der Waals surface area contributed by atoms with E-state index < -0.39 is 10.0 Å². The maximum atomic E-state index is 13.0. The lowest BCUT2D eigenvalue weighted by Gasteiger charge is -2.30. The van der Waals surface area contributed by atoms with Crippen molar-refractivity contribution >= 4 is 15.9 Å². The van der Waals surface area contributed by atoms with E-state index in [4.69, 9.17) is 0 Å². The van der Waals surface area contributed by atoms with Crippen LogP contribution in [0.15, 0.2) is 53.7 Å². The number of carbonyl (C=O) groups excluding carboxylic acids is 1. The highest BCUT2D eigenvalue weighted by Crippen LogP contribution is 2.26. The Labute approximate surface area is 167 Å². The molecule has 1 N–H and O–H groups in total. The molecule has 3 rings (SSSR count). The number of benzene rings is 1. The van der Waals surface area contributed by atoms with Gasteiger partial charge in [-0.3, -0.25) is 9.78 Å². The summed E-state index contributed by atoms with van der Waals surface area (Å²) in [5, 5.41) is 2.91. The van der Waals surface area contributed by atoms with E-state index in [1.807, 2.05) is 19.1 Å². The summed E-state index contributed by atoms with van der Waals surface area (Å²) in [6.07, 6.45) is 8.40. The molecule has 28 heavy (non-hydrogen) atoms. The van der Waals surface area contributed by atoms with Crippen LogP contribution in [-0.2, 0) is 10.0 Å². The Kier molecular flexibility index (Phi) is 6.46. The molecule has 1 aromatic carbocycles. The zero-order valence-electron chi connectivity index (χ0n) is 16.3. The molecule has 1 aromatic heterocycles. The first kappa shape index (κ1) is 20.5. The second kappa shape index (κ2) is 8.84. The Morgan fingerprint density at radius 3 is 2.50 bits per heavy atom. The number of amides is 1. The van der Waals surface area contributed by atoms with Gasteiger partial charge < -0.3 is 5.32 Å². The van der Waals surface area contributed by atoms with E-state index in [9.17, 15) is 13.2 Å². The molecule has 0 spiro atoms. The third-order valence-corrected chi connectivity index (χ3v) is 7.32. The number of hydrogen-bond donors (Lipinski definition) is 1. The first-order valence-corrected chi connectivity index (χ1v) is 11.1. The maximum absolute atomic E-state index is 13.0. The minimum absolute atomic E-state index is 0.0305. The second-order valence-electron chi connectivity index (χ2n) is 7.32. The van der Waals surface area contributed by atoms with Gasteiger partial charge in [-0.1, -0.05) is 25.3 Å². The van der Waals surface area contributed by atoms with Gasteiger partial charge >= 0.3 is 0 Å². The first-order chi connectivity index (χ1) is 13.4. The minimum Gasteiger partial charge on any atom is -0.346 e. The molecule has 6 nitrogen and oxygen atoms in total. The topological polar surface area (TPSA) is 79.4 Å². The number of nitrogens with zero attached hydrogens (tertiary/aromatic N) is 2. The third kappa shape index (κ3) is 4.59. The van der Waals surface area contributed by atoms with E-state index in [0.717, 1.165) is 37.7 Å². The average Bonchev–Trinajstić information content (AvgIpc) is 2.74. The fourth-order valence-corrected chi connectivity index (χ4v) is 5.08. The number of rotatable bonds is 6. The molecule has 7 heteroatoms. The predicted molar refractivity (Wildman–Crippen MR) is 108 cm³/mol. The van der Waals surface area contributed by atoms with E-state index >= 15 is 0 Å². The molecule has 1 aliphatic rings. The van der Waals surface area contributed by atoms with Crippen LogP contribution in [0.2, 0.25) is 0 Å². The average molecular weight is 402 g/mol. The number of nitrogens with one attached hydrogen (secondary N) is 1. The number of carbonyl (C=O) groups is 1. The highest BCUT2D eigenvalue weighted by atomic mass is 32.2. The van der Waals surface area contributed by atoms with Crippen molar-refractivity contribution in [1.29, 1.82) is 0 Å². The predicted octanol–water partition coefficient (Wildman–Crippen LogP) is 3.53. The van der Waals surface area contributed by atoms with Crippen molar-refractivity contribution in [2.24, 2.45) is 0 Å². The van der Waals surface area contributed by atoms with Gasteiger partial charge in [-0.25, -0.2) is 8.42 Å². The number of aromatic nitrogens is 1. The SMILES string of the molecule is C[C@H](NC(=O)c1cccc(S(=O)(=O)N(C)C2CCCCC2)c1)c1ccncc1. The Hall–Kier alpha value is -2.25. The molecule has 1 heterocycles. The highest BCUT2D eigenvalue weighted by Gasteiger charge is 2.29. The molecule has 1 fully saturated rings. The van der Waals surface area contributed by atoms with Crippen molar-refractivity contribution in [3.05, 3.63) is 59.9 Å². The highest BCUT2D eigenvalue weighted by molar-refractivity contribution is 7.89. The van der Waals surface area contributed by atoms with Gasteiger partial charge in [0.1, 0.15) is 0 Å². The van der Waals surface area contributed by atoms with Crippen LogP contribution in [0.5, 0.6) is 0 Å². The van der Waals surface area contributed by atoms with Gasteiger partial charge in [0.2, 0.25) is 10.0 Å². The van der Waals surface area contributed by atoms with E-state index in [0.29, 0.717) is 5.56 Å². The van der Waals surface area contributed by atoms with Gasteiger partial charge in [0.25, 0.3) is 5.91 Å². The molecule has 1 aliphatic carbocycles. The summed E-state index contributed by atoms with van der Waals surface area (Å²) in [5.74, 6) is -0.304. The summed E-state index contributed by atoms with van der Waals surface area (Å²) in [6, 6.07) is 9.77. The number of hydrogen-bond acceptors (Lipinski definition) is 4. The van der Waals surface area contributed by atoms with Crippen LogP contribution in [0.1, 0.15) is 61.0 Å². The fourth-order valence-electron chi connectivity index (χ4n) is 3.62. The first-order valence-electron chi connectivity index (χ1n) is 9.68. The zero-order valence-corrected chi connectivity index (χ0v) is 17.2. The molecule has 1 atom stereocenters. The molecule has 0 unspecified atom stereocenters. The van der Waals surface area contributed by atoms with Gasteiger partial charge in [0.05, 0.1) is 10.9 Å². The van der Waals surface area contributed by atoms with Crippen LogP contribution in [0.3, 0.4) is 0 Å². The van der Waals surface area contributed by atoms with Gasteiger partial charge in [0, 0.05) is 31.0 Å². The zero-order chi connectivity index (χ0) is 20.1. The lowest BCUT2D eigenvalue weighted by atomic mass is 9.96. The van der Waals surface area contributed by atoms with Gasteiger partial charge in [-0.2, -0.15) is 4.31 Å². The van der Waals surface area contributed by atoms with E-state index in [1.54, 1.807) is 37.6 Å². The Morgan fingerprint density at radius 1 is 1.14 bits per heavy atom. The third-order valence-electron chi connectivity index (χ3n) is 5.42. The van der Waals surface area contributed by atoms with E-state index in [1.165, 1.54) is 10.4 Å². The normalized spacial score (nSPS) is 16.7. The lowest BCUT2D eigenvalue weighted by Crippen LogP contribution is -2.38. The van der Waals surface area contributed by atoms with Crippen LogP contribution in [0, 0.1) is 0 Å². The summed E-state index contributed by atoms with van der Waals surface area (Å²) >= 11 is 0. The Bertz CT molecular complexity index is 910. The van der Waals surface area contributed by atoms with Crippen molar-refractivity contribution < 1.29 is 13.2 Å². The lowest BCUT2D eigenvalue weighted by molar-refractivity contribution is 0.0939. The quantitative estimate of drug-likeness (QED) is 0.803. The summed E-state index contributed by atoms with van der Waals surface area (Å²) in [6.45, 7) is 1.88. The van der Waals surface area contributed by atoms with E-state index in [2.05, 4.69) is 10.3 Å². The van der Waals surface area contributed by atoms with E-state index in [-0.39, 0.29) is 22.9 Å². The molecule has 1 amide bonds. The number of pyridine rings is 1.